The van der Waals surface area contributed by atoms with Gasteiger partial charge in [0.15, 0.2) is 0 Å². The van der Waals surface area contributed by atoms with Crippen LogP contribution in [0.4, 0.5) is 17.3 Å². The second kappa shape index (κ2) is 12.2. The van der Waals surface area contributed by atoms with E-state index in [-0.39, 0.29) is 11.6 Å². The number of likely N-dealkylation sites (tertiary alicyclic amines) is 1. The summed E-state index contributed by atoms with van der Waals surface area (Å²) in [6.45, 7) is 6.45. The number of pyridine rings is 1. The summed E-state index contributed by atoms with van der Waals surface area (Å²) >= 11 is 3.53. The summed E-state index contributed by atoms with van der Waals surface area (Å²) in [7, 11) is 0. The maximum Gasteiger partial charge on any atom is 0.267 e. The fourth-order valence-corrected chi connectivity index (χ4v) is 7.39. The molecule has 2 atom stereocenters. The number of aryl methyl sites for hydroxylation is 1. The van der Waals surface area contributed by atoms with Crippen molar-refractivity contribution in [2.24, 2.45) is 5.73 Å². The van der Waals surface area contributed by atoms with Gasteiger partial charge in [0.1, 0.15) is 5.65 Å². The predicted octanol–water partition coefficient (Wildman–Crippen LogP) is 5.89. The van der Waals surface area contributed by atoms with Crippen molar-refractivity contribution >= 4 is 44.3 Å². The molecule has 1 aliphatic carbocycles. The standard InChI is InChI=1S/C31H42BrN7O/c1-21-27-19-34-31(36-29(27)39(30(40)28(21)32)26-8-2-3-9-26)35-23-11-13-25(14-12-23)38-17-5-4-7-24(38)10-6-16-37-18-15-22(33)20-37/h11-14,19,22,24,26H,2-10,15-18,20,33H2,1H3,(H,34,35,36). The average molecular weight is 609 g/mol. The third-order valence-electron chi connectivity index (χ3n) is 9.23. The summed E-state index contributed by atoms with van der Waals surface area (Å²) in [5.41, 5.74) is 9.95. The van der Waals surface area contributed by atoms with Gasteiger partial charge in [-0.2, -0.15) is 4.98 Å². The largest absolute Gasteiger partial charge is 0.369 e. The van der Waals surface area contributed by atoms with Crippen molar-refractivity contribution in [2.75, 3.05) is 36.4 Å². The lowest BCUT2D eigenvalue weighted by Crippen LogP contribution is -2.40. The summed E-state index contributed by atoms with van der Waals surface area (Å²) in [6.07, 6.45) is 13.6. The van der Waals surface area contributed by atoms with Gasteiger partial charge in [-0.25, -0.2) is 4.98 Å². The molecule has 2 saturated heterocycles. The van der Waals surface area contributed by atoms with Crippen LogP contribution in [-0.2, 0) is 0 Å². The van der Waals surface area contributed by atoms with E-state index in [0.29, 0.717) is 22.5 Å². The van der Waals surface area contributed by atoms with Gasteiger partial charge in [-0.3, -0.25) is 9.36 Å². The minimum Gasteiger partial charge on any atom is -0.369 e. The number of hydrogen-bond donors (Lipinski definition) is 2. The van der Waals surface area contributed by atoms with E-state index in [2.05, 4.69) is 60.3 Å². The van der Waals surface area contributed by atoms with Gasteiger partial charge in [-0.05, 0) is 117 Å². The second-order valence-electron chi connectivity index (χ2n) is 12.0. The third kappa shape index (κ3) is 5.78. The Hall–Kier alpha value is -2.49. The zero-order valence-electron chi connectivity index (χ0n) is 23.6. The first-order chi connectivity index (χ1) is 19.5. The Bertz CT molecular complexity index is 1390. The highest BCUT2D eigenvalue weighted by atomic mass is 79.9. The van der Waals surface area contributed by atoms with E-state index in [4.69, 9.17) is 10.7 Å². The number of piperidine rings is 1. The Morgan fingerprint density at radius 2 is 1.82 bits per heavy atom. The van der Waals surface area contributed by atoms with Crippen LogP contribution in [0.1, 0.15) is 75.8 Å². The third-order valence-corrected chi connectivity index (χ3v) is 10.2. The zero-order valence-corrected chi connectivity index (χ0v) is 25.2. The maximum atomic E-state index is 13.2. The lowest BCUT2D eigenvalue weighted by Gasteiger charge is -2.38. The number of nitrogens with zero attached hydrogens (tertiary/aromatic N) is 5. The molecule has 9 heteroatoms. The van der Waals surface area contributed by atoms with Gasteiger partial charge in [-0.15, -0.1) is 0 Å². The molecule has 0 amide bonds. The van der Waals surface area contributed by atoms with Crippen molar-refractivity contribution in [1.82, 2.24) is 19.4 Å². The maximum absolute atomic E-state index is 13.2. The number of nitrogens with one attached hydrogen (secondary N) is 1. The number of nitrogens with two attached hydrogens (primary N) is 1. The summed E-state index contributed by atoms with van der Waals surface area (Å²) < 4.78 is 2.51. The van der Waals surface area contributed by atoms with Crippen LogP contribution in [0.15, 0.2) is 39.7 Å². The molecule has 0 spiro atoms. The molecule has 40 heavy (non-hydrogen) atoms. The monoisotopic (exact) mass is 607 g/mol. The Kier molecular flexibility index (Phi) is 8.42. The Morgan fingerprint density at radius 1 is 1.05 bits per heavy atom. The average Bonchev–Trinajstić information content (AvgIpc) is 3.65. The second-order valence-corrected chi connectivity index (χ2v) is 12.8. The van der Waals surface area contributed by atoms with Gasteiger partial charge in [0.05, 0.1) is 4.47 Å². The molecule has 1 aromatic carbocycles. The van der Waals surface area contributed by atoms with E-state index in [1.165, 1.54) is 37.8 Å². The molecule has 2 aliphatic heterocycles. The molecule has 0 radical (unpaired) electrons. The summed E-state index contributed by atoms with van der Waals surface area (Å²) in [4.78, 5) is 27.9. The van der Waals surface area contributed by atoms with Crippen LogP contribution in [0.2, 0.25) is 0 Å². The number of aromatic nitrogens is 3. The zero-order chi connectivity index (χ0) is 27.6. The molecule has 3 fully saturated rings. The Labute approximate surface area is 245 Å². The SMILES string of the molecule is Cc1c(Br)c(=O)n(C2CCCC2)c2nc(Nc3ccc(N4CCCCC4CCCN4CCC(N)C4)cc3)ncc12. The molecule has 2 unspecified atom stereocenters. The van der Waals surface area contributed by atoms with E-state index in [9.17, 15) is 4.79 Å². The molecule has 2 aromatic heterocycles. The van der Waals surface area contributed by atoms with Crippen molar-refractivity contribution < 1.29 is 0 Å². The lowest BCUT2D eigenvalue weighted by molar-refractivity contribution is 0.312. The summed E-state index contributed by atoms with van der Waals surface area (Å²) in [6, 6.07) is 9.84. The summed E-state index contributed by atoms with van der Waals surface area (Å²) in [5, 5.41) is 4.31. The van der Waals surface area contributed by atoms with Crippen molar-refractivity contribution in [1.29, 1.82) is 0 Å². The minimum atomic E-state index is 0.00555. The van der Waals surface area contributed by atoms with Crippen LogP contribution in [0, 0.1) is 6.92 Å². The number of rotatable bonds is 8. The first-order valence-corrected chi connectivity index (χ1v) is 16.0. The van der Waals surface area contributed by atoms with Crippen LogP contribution in [0.5, 0.6) is 0 Å². The quantitative estimate of drug-likeness (QED) is 0.329. The van der Waals surface area contributed by atoms with Crippen molar-refractivity contribution in [2.45, 2.75) is 89.3 Å². The fourth-order valence-electron chi connectivity index (χ4n) is 6.99. The van der Waals surface area contributed by atoms with Crippen LogP contribution in [0.3, 0.4) is 0 Å². The van der Waals surface area contributed by atoms with E-state index in [0.717, 1.165) is 80.6 Å². The highest BCUT2D eigenvalue weighted by Crippen LogP contribution is 2.33. The number of fused-ring (bicyclic) bond motifs is 1. The molecule has 8 nitrogen and oxygen atoms in total. The molecule has 6 rings (SSSR count). The number of halogens is 1. The lowest BCUT2D eigenvalue weighted by atomic mass is 9.97. The van der Waals surface area contributed by atoms with Gasteiger partial charge in [0, 0.05) is 54.2 Å². The molecule has 214 valence electrons. The molecule has 4 heterocycles. The first kappa shape index (κ1) is 27.7. The number of hydrogen-bond acceptors (Lipinski definition) is 7. The first-order valence-electron chi connectivity index (χ1n) is 15.2. The Morgan fingerprint density at radius 3 is 2.58 bits per heavy atom. The highest BCUT2D eigenvalue weighted by Gasteiger charge is 2.25. The smallest absolute Gasteiger partial charge is 0.267 e. The molecule has 0 bridgehead atoms. The van der Waals surface area contributed by atoms with E-state index < -0.39 is 0 Å². The van der Waals surface area contributed by atoms with Crippen LogP contribution >= 0.6 is 15.9 Å². The van der Waals surface area contributed by atoms with E-state index in [1.807, 2.05) is 17.7 Å². The van der Waals surface area contributed by atoms with Gasteiger partial charge in [-0.1, -0.05) is 12.8 Å². The molecule has 3 N–H and O–H groups in total. The molecule has 1 saturated carbocycles. The van der Waals surface area contributed by atoms with Gasteiger partial charge < -0.3 is 20.9 Å². The van der Waals surface area contributed by atoms with Crippen molar-refractivity contribution in [3.63, 3.8) is 0 Å². The van der Waals surface area contributed by atoms with Crippen LogP contribution < -0.4 is 21.5 Å². The normalized spacial score (nSPS) is 22.4. The number of anilines is 3. The van der Waals surface area contributed by atoms with E-state index >= 15 is 0 Å². The topological polar surface area (TPSA) is 92.3 Å². The van der Waals surface area contributed by atoms with Crippen LogP contribution in [-0.4, -0.2) is 57.7 Å². The molecule has 3 aromatic rings. The van der Waals surface area contributed by atoms with Gasteiger partial charge in [0.2, 0.25) is 5.95 Å². The highest BCUT2D eigenvalue weighted by molar-refractivity contribution is 9.10. The van der Waals surface area contributed by atoms with Crippen molar-refractivity contribution in [3.8, 4) is 0 Å². The van der Waals surface area contributed by atoms with Gasteiger partial charge >= 0.3 is 0 Å². The molecule has 3 aliphatic rings. The molecular weight excluding hydrogens is 566 g/mol. The molecular formula is C31H42BrN7O. The van der Waals surface area contributed by atoms with E-state index in [1.54, 1.807) is 0 Å². The minimum absolute atomic E-state index is 0.00555. The predicted molar refractivity (Wildman–Crippen MR) is 167 cm³/mol. The van der Waals surface area contributed by atoms with Crippen LogP contribution in [0.25, 0.3) is 11.0 Å². The Balaban J connectivity index is 1.16. The number of benzene rings is 1. The fraction of sp³-hybridized carbons (Fsp3) is 0.581. The van der Waals surface area contributed by atoms with Crippen molar-refractivity contribution in [3.05, 3.63) is 50.9 Å². The summed E-state index contributed by atoms with van der Waals surface area (Å²) in [5.74, 6) is 0.519. The van der Waals surface area contributed by atoms with Gasteiger partial charge in [0.25, 0.3) is 5.56 Å².